The summed E-state index contributed by atoms with van der Waals surface area (Å²) in [6, 6.07) is 0. The number of ether oxygens (including phenoxy) is 8. The molecule has 4 aliphatic heterocycles. The van der Waals surface area contributed by atoms with E-state index in [-0.39, 0.29) is 46.2 Å². The lowest BCUT2D eigenvalue weighted by Crippen LogP contribution is -2.67. The zero-order valence-electron chi connectivity index (χ0n) is 44.1. The van der Waals surface area contributed by atoms with E-state index >= 15 is 0 Å². The summed E-state index contributed by atoms with van der Waals surface area (Å²) in [5.74, 6) is -0.0431. The molecule has 0 aromatic rings. The van der Waals surface area contributed by atoms with Gasteiger partial charge in [-0.15, -0.1) is 0 Å². The zero-order valence-corrected chi connectivity index (χ0v) is 44.1. The fourth-order valence-electron chi connectivity index (χ4n) is 16.3. The molecule has 27 unspecified atom stereocenters. The highest BCUT2D eigenvalue weighted by atomic mass is 16.8. The maximum absolute atomic E-state index is 13.1. The first-order valence-corrected chi connectivity index (χ1v) is 27.1. The second kappa shape index (κ2) is 20.5. The van der Waals surface area contributed by atoms with Gasteiger partial charge in [-0.3, -0.25) is 4.79 Å². The van der Waals surface area contributed by atoms with E-state index < -0.39 is 147 Å². The van der Waals surface area contributed by atoms with E-state index in [0.717, 1.165) is 44.9 Å². The lowest BCUT2D eigenvalue weighted by Gasteiger charge is -2.71. The minimum Gasteiger partial charge on any atom is -0.481 e. The van der Waals surface area contributed by atoms with E-state index in [0.29, 0.717) is 25.2 Å². The maximum atomic E-state index is 13.1. The Kier molecular flexibility index (Phi) is 15.8. The molecule has 0 spiro atoms. The van der Waals surface area contributed by atoms with Gasteiger partial charge in [0.1, 0.15) is 85.5 Å². The van der Waals surface area contributed by atoms with Gasteiger partial charge in [0.15, 0.2) is 25.2 Å². The first-order chi connectivity index (χ1) is 34.6. The third-order valence-electron chi connectivity index (χ3n) is 21.1. The van der Waals surface area contributed by atoms with E-state index in [4.69, 9.17) is 37.9 Å². The predicted molar refractivity (Wildman–Crippen MR) is 256 cm³/mol. The zero-order chi connectivity index (χ0) is 54.0. The molecule has 0 bridgehead atoms. The molecule has 21 heteroatoms. The van der Waals surface area contributed by atoms with Crippen LogP contribution in [0.2, 0.25) is 0 Å². The summed E-state index contributed by atoms with van der Waals surface area (Å²) < 4.78 is 47.7. The van der Waals surface area contributed by atoms with Crippen molar-refractivity contribution in [2.45, 2.75) is 242 Å². The second-order valence-electron chi connectivity index (χ2n) is 25.8. The number of rotatable bonds is 11. The Morgan fingerprint density at radius 3 is 1.88 bits per heavy atom. The van der Waals surface area contributed by atoms with Crippen molar-refractivity contribution >= 4 is 5.97 Å². The number of hydrogen-bond donors (Lipinski definition) is 12. The molecule has 27 atom stereocenters. The summed E-state index contributed by atoms with van der Waals surface area (Å²) in [6.07, 6.45) is -20.7. The molecule has 424 valence electrons. The highest BCUT2D eigenvalue weighted by Crippen LogP contribution is 2.76. The van der Waals surface area contributed by atoms with E-state index in [1.54, 1.807) is 0 Å². The van der Waals surface area contributed by atoms with Crippen LogP contribution in [0.5, 0.6) is 0 Å². The highest BCUT2D eigenvalue weighted by Gasteiger charge is 2.70. The first kappa shape index (κ1) is 57.1. The number of allylic oxidation sites excluding steroid dienone is 2. The van der Waals surface area contributed by atoms with Crippen molar-refractivity contribution in [2.24, 2.45) is 50.2 Å². The van der Waals surface area contributed by atoms with Gasteiger partial charge in [0.25, 0.3) is 0 Å². The van der Waals surface area contributed by atoms with Crippen LogP contribution in [0.15, 0.2) is 11.6 Å². The molecule has 9 rings (SSSR count). The average Bonchev–Trinajstić information content (AvgIpc) is 3.35. The third-order valence-corrected chi connectivity index (χ3v) is 21.1. The number of carbonyl (C=O) groups is 1. The van der Waals surface area contributed by atoms with Crippen LogP contribution in [0, 0.1) is 50.2 Å². The predicted octanol–water partition coefficient (Wildman–Crippen LogP) is 0.197. The molecule has 8 fully saturated rings. The van der Waals surface area contributed by atoms with Crippen LogP contribution in [0.3, 0.4) is 0 Å². The molecule has 4 heterocycles. The topological polar surface area (TPSA) is 334 Å². The first-order valence-electron chi connectivity index (χ1n) is 27.1. The van der Waals surface area contributed by atoms with E-state index in [1.165, 1.54) is 12.5 Å². The Morgan fingerprint density at radius 1 is 0.608 bits per heavy atom. The third kappa shape index (κ3) is 9.17. The molecule has 21 nitrogen and oxygen atoms in total. The van der Waals surface area contributed by atoms with Crippen LogP contribution in [0.25, 0.3) is 0 Å². The van der Waals surface area contributed by atoms with Crippen molar-refractivity contribution in [3.63, 3.8) is 0 Å². The molecule has 4 saturated heterocycles. The lowest BCUT2D eigenvalue weighted by atomic mass is 9.33. The van der Waals surface area contributed by atoms with Crippen molar-refractivity contribution in [1.29, 1.82) is 0 Å². The lowest BCUT2D eigenvalue weighted by molar-refractivity contribution is -0.392. The number of carboxylic acids is 1. The smallest absolute Gasteiger partial charge is 0.310 e. The standard InChI is InChI=1S/C53H86O21/c1-23-32(56)41(73-44-39(63)36(60)33(57)26(20-54)69-44)40(64)45(68-23)74-42-37(61)34(58)27(21-55)70-46(42)71-28-22-67-43(38(62)35(28)59)72-31-12-13-50(6)29(49(31,4)5)11-14-52(8)30(50)10-9-24-25-19-48(2,3)15-17-53(25,47(65)66)18-16-51(24,52)7/h9,23,25-46,54-64H,10-22H2,1-8H3,(H,65,66). The van der Waals surface area contributed by atoms with Gasteiger partial charge < -0.3 is 99.2 Å². The van der Waals surface area contributed by atoms with Gasteiger partial charge in [-0.05, 0) is 116 Å². The minimum atomic E-state index is -1.93. The summed E-state index contributed by atoms with van der Waals surface area (Å²) in [5, 5.41) is 130. The Hall–Kier alpha value is -1.55. The van der Waals surface area contributed by atoms with Gasteiger partial charge in [-0.2, -0.15) is 0 Å². The molecular formula is C53H86O21. The van der Waals surface area contributed by atoms with Crippen molar-refractivity contribution in [2.75, 3.05) is 19.8 Å². The van der Waals surface area contributed by atoms with Gasteiger partial charge in [0.2, 0.25) is 0 Å². The minimum absolute atomic E-state index is 0.0207. The number of aliphatic carboxylic acids is 1. The van der Waals surface area contributed by atoms with Crippen molar-refractivity contribution in [3.8, 4) is 0 Å². The molecule has 0 radical (unpaired) electrons. The molecule has 0 amide bonds. The van der Waals surface area contributed by atoms with Gasteiger partial charge in [0.05, 0.1) is 37.4 Å². The van der Waals surface area contributed by atoms with E-state index in [9.17, 15) is 66.1 Å². The summed E-state index contributed by atoms with van der Waals surface area (Å²) >= 11 is 0. The van der Waals surface area contributed by atoms with Crippen LogP contribution in [-0.2, 0) is 42.7 Å². The van der Waals surface area contributed by atoms with Gasteiger partial charge in [0, 0.05) is 0 Å². The molecule has 5 aliphatic carbocycles. The molecular weight excluding hydrogens is 973 g/mol. The van der Waals surface area contributed by atoms with Crippen LogP contribution in [0.4, 0.5) is 0 Å². The van der Waals surface area contributed by atoms with Crippen LogP contribution in [-0.4, -0.2) is 210 Å². The molecule has 0 aromatic carbocycles. The van der Waals surface area contributed by atoms with Crippen molar-refractivity contribution in [3.05, 3.63) is 11.6 Å². The monoisotopic (exact) mass is 1060 g/mol. The summed E-state index contributed by atoms with van der Waals surface area (Å²) in [5.41, 5.74) is 0.0915. The van der Waals surface area contributed by atoms with Crippen LogP contribution >= 0.6 is 0 Å². The van der Waals surface area contributed by atoms with E-state index in [2.05, 4.69) is 54.5 Å². The molecule has 74 heavy (non-hydrogen) atoms. The fraction of sp³-hybridized carbons (Fsp3) is 0.943. The van der Waals surface area contributed by atoms with Gasteiger partial charge >= 0.3 is 5.97 Å². The SMILES string of the molecule is CC1OC(OC2C(OC3COC(OC4CCC5(C)C(CCC6(C)C5CC=C5C7CC(C)(C)CCC7(C(=O)O)CCC56C)C4(C)C)C(O)C3O)OC(CO)C(O)C2O)C(O)C(OC2OC(CO)C(O)C(O)C2O)C1O. The summed E-state index contributed by atoms with van der Waals surface area (Å²) in [4.78, 5) is 13.1. The van der Waals surface area contributed by atoms with Crippen LogP contribution < -0.4 is 0 Å². The van der Waals surface area contributed by atoms with Crippen molar-refractivity contribution < 1.29 is 104 Å². The quantitative estimate of drug-likeness (QED) is 0.0971. The molecule has 0 aromatic heterocycles. The highest BCUT2D eigenvalue weighted by molar-refractivity contribution is 5.76. The summed E-state index contributed by atoms with van der Waals surface area (Å²) in [7, 11) is 0. The second-order valence-corrected chi connectivity index (χ2v) is 25.8. The van der Waals surface area contributed by atoms with E-state index in [1.807, 2.05) is 0 Å². The normalized spacial score (nSPS) is 54.1. The summed E-state index contributed by atoms with van der Waals surface area (Å²) in [6.45, 7) is 15.9. The van der Waals surface area contributed by atoms with Crippen LogP contribution in [0.1, 0.15) is 120 Å². The Labute approximate surface area is 433 Å². The number of hydrogen-bond acceptors (Lipinski definition) is 20. The molecule has 12 N–H and O–H groups in total. The number of fused-ring (bicyclic) bond motifs is 7. The number of aliphatic hydroxyl groups excluding tert-OH is 11. The van der Waals surface area contributed by atoms with Crippen molar-refractivity contribution in [1.82, 2.24) is 0 Å². The van der Waals surface area contributed by atoms with Gasteiger partial charge in [-0.25, -0.2) is 0 Å². The number of carboxylic acid groups (broad SMARTS) is 1. The maximum Gasteiger partial charge on any atom is 0.310 e. The molecule has 4 saturated carbocycles. The Morgan fingerprint density at radius 2 is 1.22 bits per heavy atom. The Balaban J connectivity index is 0.866. The van der Waals surface area contributed by atoms with Gasteiger partial charge in [-0.1, -0.05) is 60.1 Å². The molecule has 9 aliphatic rings. The number of aliphatic hydroxyl groups is 11. The largest absolute Gasteiger partial charge is 0.481 e. The Bertz CT molecular complexity index is 2040. The fourth-order valence-corrected chi connectivity index (χ4v) is 16.3. The average molecular weight is 1060 g/mol.